The maximum atomic E-state index is 13.0. The predicted octanol–water partition coefficient (Wildman–Crippen LogP) is 3.99. The third-order valence-electron chi connectivity index (χ3n) is 5.15. The average Bonchev–Trinajstić information content (AvgIpc) is 3.18. The molecule has 2 amide bonds. The standard InChI is InChI=1S/C26H20N4O2/c1-17(18-10-4-2-5-11-18)28-26(32)22(16-27)23-20-14-8-9-15-21(20)24(29-23)30-25(31)19-12-6-3-7-13-19/h2-15,17H,1H3,(H,28,32)(H,29,30,31)/b23-22-/t17-/m1/s1. The van der Waals surface area contributed by atoms with E-state index in [9.17, 15) is 14.9 Å². The lowest BCUT2D eigenvalue weighted by Gasteiger charge is -2.14. The molecule has 0 radical (unpaired) electrons. The van der Waals surface area contributed by atoms with Crippen LogP contribution in [-0.4, -0.2) is 17.6 Å². The van der Waals surface area contributed by atoms with E-state index in [-0.39, 0.29) is 23.2 Å². The molecule has 1 heterocycles. The Morgan fingerprint density at radius 2 is 1.47 bits per heavy atom. The topological polar surface area (TPSA) is 94.3 Å². The number of hydrogen-bond acceptors (Lipinski definition) is 4. The van der Waals surface area contributed by atoms with Crippen molar-refractivity contribution in [2.45, 2.75) is 13.0 Å². The molecule has 0 fully saturated rings. The number of rotatable bonds is 4. The highest BCUT2D eigenvalue weighted by Crippen LogP contribution is 2.31. The van der Waals surface area contributed by atoms with Crippen LogP contribution < -0.4 is 10.6 Å². The molecule has 32 heavy (non-hydrogen) atoms. The van der Waals surface area contributed by atoms with E-state index in [1.165, 1.54) is 0 Å². The number of nitrogens with zero attached hydrogens (tertiary/aromatic N) is 2. The molecule has 3 aromatic rings. The van der Waals surface area contributed by atoms with E-state index < -0.39 is 5.91 Å². The van der Waals surface area contributed by atoms with Gasteiger partial charge in [0.25, 0.3) is 11.8 Å². The van der Waals surface area contributed by atoms with Crippen molar-refractivity contribution in [2.24, 2.45) is 4.99 Å². The van der Waals surface area contributed by atoms with E-state index in [2.05, 4.69) is 15.6 Å². The normalized spacial score (nSPS) is 14.4. The molecule has 0 spiro atoms. The van der Waals surface area contributed by atoms with Gasteiger partial charge in [-0.15, -0.1) is 0 Å². The first kappa shape index (κ1) is 20.8. The molecule has 156 valence electrons. The second-order valence-corrected chi connectivity index (χ2v) is 7.27. The Bertz CT molecular complexity index is 1270. The number of carbonyl (C=O) groups excluding carboxylic acids is 2. The van der Waals surface area contributed by atoms with Gasteiger partial charge in [0.15, 0.2) is 0 Å². The molecule has 2 N–H and O–H groups in total. The van der Waals surface area contributed by atoms with Gasteiger partial charge in [-0.25, -0.2) is 4.99 Å². The van der Waals surface area contributed by atoms with Crippen molar-refractivity contribution in [2.75, 3.05) is 0 Å². The molecule has 0 bridgehead atoms. The molecule has 6 heteroatoms. The summed E-state index contributed by atoms with van der Waals surface area (Å²) in [5, 5.41) is 15.4. The van der Waals surface area contributed by atoms with Crippen molar-refractivity contribution in [3.8, 4) is 6.07 Å². The highest BCUT2D eigenvalue weighted by Gasteiger charge is 2.27. The number of nitriles is 1. The number of nitrogens with one attached hydrogen (secondary N) is 2. The number of amides is 2. The second-order valence-electron chi connectivity index (χ2n) is 7.27. The lowest BCUT2D eigenvalue weighted by atomic mass is 10.0. The summed E-state index contributed by atoms with van der Waals surface area (Å²) < 4.78 is 0. The molecule has 3 aromatic carbocycles. The van der Waals surface area contributed by atoms with Crippen LogP contribution in [0.1, 0.15) is 40.0 Å². The van der Waals surface area contributed by atoms with Gasteiger partial charge in [-0.05, 0) is 24.6 Å². The Hall–Kier alpha value is -4.50. The number of hydrogen-bond donors (Lipinski definition) is 2. The van der Waals surface area contributed by atoms with E-state index in [0.29, 0.717) is 22.5 Å². The minimum absolute atomic E-state index is 0.107. The van der Waals surface area contributed by atoms with Crippen molar-refractivity contribution in [3.05, 3.63) is 113 Å². The molecule has 0 aromatic heterocycles. The van der Waals surface area contributed by atoms with E-state index in [1.54, 1.807) is 42.5 Å². The highest BCUT2D eigenvalue weighted by molar-refractivity contribution is 6.20. The minimum Gasteiger partial charge on any atom is -0.345 e. The van der Waals surface area contributed by atoms with E-state index in [1.807, 2.05) is 55.5 Å². The lowest BCUT2D eigenvalue weighted by molar-refractivity contribution is -0.117. The second kappa shape index (κ2) is 9.11. The van der Waals surface area contributed by atoms with Crippen molar-refractivity contribution < 1.29 is 9.59 Å². The summed E-state index contributed by atoms with van der Waals surface area (Å²) in [4.78, 5) is 30.1. The highest BCUT2D eigenvalue weighted by atomic mass is 16.2. The fraction of sp³-hybridized carbons (Fsp3) is 0.0769. The van der Waals surface area contributed by atoms with E-state index in [0.717, 1.165) is 5.56 Å². The maximum absolute atomic E-state index is 13.0. The molecule has 6 nitrogen and oxygen atoms in total. The molecule has 0 saturated carbocycles. The summed E-state index contributed by atoms with van der Waals surface area (Å²) in [6.45, 7) is 1.85. The summed E-state index contributed by atoms with van der Waals surface area (Å²) >= 11 is 0. The van der Waals surface area contributed by atoms with Gasteiger partial charge in [-0.1, -0.05) is 72.8 Å². The van der Waals surface area contributed by atoms with Gasteiger partial charge in [0.2, 0.25) is 0 Å². The summed E-state index contributed by atoms with van der Waals surface area (Å²) in [5.41, 5.74) is 2.82. The van der Waals surface area contributed by atoms with Crippen LogP contribution in [0.15, 0.2) is 95.5 Å². The average molecular weight is 420 g/mol. The quantitative estimate of drug-likeness (QED) is 0.494. The Morgan fingerprint density at radius 3 is 2.12 bits per heavy atom. The molecule has 4 rings (SSSR count). The molecule has 0 saturated heterocycles. The van der Waals surface area contributed by atoms with Gasteiger partial charge in [0, 0.05) is 16.7 Å². The first-order chi connectivity index (χ1) is 15.6. The zero-order valence-electron chi connectivity index (χ0n) is 17.4. The molecule has 0 aliphatic carbocycles. The van der Waals surface area contributed by atoms with Crippen molar-refractivity contribution >= 4 is 23.3 Å². The van der Waals surface area contributed by atoms with Gasteiger partial charge in [-0.2, -0.15) is 5.26 Å². The molecular weight excluding hydrogens is 400 g/mol. The first-order valence-corrected chi connectivity index (χ1v) is 10.1. The smallest absolute Gasteiger partial charge is 0.264 e. The summed E-state index contributed by atoms with van der Waals surface area (Å²) in [6.07, 6.45) is 0. The van der Waals surface area contributed by atoms with Crippen LogP contribution in [0.3, 0.4) is 0 Å². The van der Waals surface area contributed by atoms with Crippen molar-refractivity contribution in [3.63, 3.8) is 0 Å². The van der Waals surface area contributed by atoms with Crippen molar-refractivity contribution in [1.82, 2.24) is 10.6 Å². The Morgan fingerprint density at radius 1 is 0.875 bits per heavy atom. The van der Waals surface area contributed by atoms with Crippen LogP contribution in [0.2, 0.25) is 0 Å². The monoisotopic (exact) mass is 420 g/mol. The fourth-order valence-electron chi connectivity index (χ4n) is 3.49. The Labute approximate surface area is 185 Å². The zero-order valence-corrected chi connectivity index (χ0v) is 17.4. The van der Waals surface area contributed by atoms with Gasteiger partial charge < -0.3 is 10.6 Å². The number of aliphatic imine (C=N–C) groups is 1. The van der Waals surface area contributed by atoms with E-state index in [4.69, 9.17) is 0 Å². The zero-order chi connectivity index (χ0) is 22.5. The number of amidine groups is 1. The van der Waals surface area contributed by atoms with E-state index >= 15 is 0 Å². The molecule has 1 atom stereocenters. The third kappa shape index (κ3) is 4.18. The van der Waals surface area contributed by atoms with Gasteiger partial charge in [-0.3, -0.25) is 9.59 Å². The molecule has 1 aliphatic heterocycles. The summed E-state index contributed by atoms with van der Waals surface area (Å²) in [5.74, 6) is -0.532. The molecule has 0 unspecified atom stereocenters. The van der Waals surface area contributed by atoms with Crippen LogP contribution in [0.5, 0.6) is 0 Å². The largest absolute Gasteiger partial charge is 0.345 e. The SMILES string of the molecule is C[C@@H](NC(=O)/C(C#N)=C1\N=C(NC(=O)c2ccccc2)c2ccccc21)c1ccccc1. The number of fused-ring (bicyclic) bond motifs is 1. The van der Waals surface area contributed by atoms with Crippen LogP contribution in [-0.2, 0) is 4.79 Å². The number of benzene rings is 3. The van der Waals surface area contributed by atoms with Crippen LogP contribution >= 0.6 is 0 Å². The van der Waals surface area contributed by atoms with Crippen molar-refractivity contribution in [1.29, 1.82) is 5.26 Å². The predicted molar refractivity (Wildman–Crippen MR) is 122 cm³/mol. The number of carbonyl (C=O) groups is 2. The van der Waals surface area contributed by atoms with Gasteiger partial charge in [0.05, 0.1) is 11.7 Å². The molecular formula is C26H20N4O2. The van der Waals surface area contributed by atoms with Gasteiger partial charge >= 0.3 is 0 Å². The lowest BCUT2D eigenvalue weighted by Crippen LogP contribution is -2.30. The third-order valence-corrected chi connectivity index (χ3v) is 5.15. The Balaban J connectivity index is 1.66. The summed E-state index contributed by atoms with van der Waals surface area (Å²) in [7, 11) is 0. The first-order valence-electron chi connectivity index (χ1n) is 10.1. The van der Waals surface area contributed by atoms with Gasteiger partial charge in [0.1, 0.15) is 17.5 Å². The molecule has 1 aliphatic rings. The van der Waals surface area contributed by atoms with Crippen LogP contribution in [0.25, 0.3) is 5.70 Å². The Kier molecular flexibility index (Phi) is 5.91. The minimum atomic E-state index is -0.520. The van der Waals surface area contributed by atoms with Crippen LogP contribution in [0.4, 0.5) is 0 Å². The fourth-order valence-corrected chi connectivity index (χ4v) is 3.49. The van der Waals surface area contributed by atoms with Crippen LogP contribution in [0, 0.1) is 11.3 Å². The maximum Gasteiger partial charge on any atom is 0.264 e. The summed E-state index contributed by atoms with van der Waals surface area (Å²) in [6, 6.07) is 27.2.